The number of rotatable bonds is 4. The molecule has 1 N–H and O–H groups in total. The molecule has 0 atom stereocenters. The highest BCUT2D eigenvalue weighted by atomic mass is 32.2. The molecular formula is C16H22N2O2S. The number of aliphatic imine (C=N–C) groups is 1. The summed E-state index contributed by atoms with van der Waals surface area (Å²) in [4.78, 5) is 4.72. The maximum absolute atomic E-state index is 5.42. The van der Waals surface area contributed by atoms with Gasteiger partial charge in [0.2, 0.25) is 0 Å². The van der Waals surface area contributed by atoms with Gasteiger partial charge in [0.15, 0.2) is 5.17 Å². The van der Waals surface area contributed by atoms with Crippen molar-refractivity contribution in [2.45, 2.75) is 37.8 Å². The van der Waals surface area contributed by atoms with Crippen LogP contribution < -0.4 is 14.8 Å². The quantitative estimate of drug-likeness (QED) is 0.927. The van der Waals surface area contributed by atoms with Crippen molar-refractivity contribution in [2.75, 3.05) is 20.0 Å². The van der Waals surface area contributed by atoms with Crippen molar-refractivity contribution in [3.8, 4) is 11.5 Å². The Morgan fingerprint density at radius 1 is 1.24 bits per heavy atom. The second-order valence-corrected chi connectivity index (χ2v) is 6.66. The molecule has 1 spiro atoms. The van der Waals surface area contributed by atoms with Crippen LogP contribution in [0.2, 0.25) is 0 Å². The molecule has 1 aliphatic carbocycles. The van der Waals surface area contributed by atoms with Gasteiger partial charge in [-0.1, -0.05) is 24.6 Å². The molecule has 0 unspecified atom stereocenters. The lowest BCUT2D eigenvalue weighted by atomic mass is 10.0. The zero-order chi connectivity index (χ0) is 14.7. The first-order valence-electron chi connectivity index (χ1n) is 7.41. The van der Waals surface area contributed by atoms with Crippen molar-refractivity contribution in [1.82, 2.24) is 5.32 Å². The van der Waals surface area contributed by atoms with Crippen LogP contribution in [0, 0.1) is 0 Å². The van der Waals surface area contributed by atoms with E-state index in [0.717, 1.165) is 28.0 Å². The van der Waals surface area contributed by atoms with Crippen LogP contribution in [0.25, 0.3) is 0 Å². The molecule has 1 aromatic rings. The number of hydrogen-bond acceptors (Lipinski definition) is 4. The summed E-state index contributed by atoms with van der Waals surface area (Å²) in [5, 5.41) is 4.72. The van der Waals surface area contributed by atoms with Crippen LogP contribution >= 0.6 is 11.8 Å². The molecule has 114 valence electrons. The number of ether oxygens (including phenoxy) is 2. The maximum atomic E-state index is 5.42. The second-order valence-electron chi connectivity index (χ2n) is 5.70. The number of nitrogens with one attached hydrogen (secondary N) is 1. The van der Waals surface area contributed by atoms with Gasteiger partial charge in [0, 0.05) is 22.9 Å². The van der Waals surface area contributed by atoms with Crippen molar-refractivity contribution in [2.24, 2.45) is 4.99 Å². The fraction of sp³-hybridized carbons (Fsp3) is 0.562. The third-order valence-electron chi connectivity index (χ3n) is 4.31. The molecule has 0 aromatic heterocycles. The Balaban J connectivity index is 1.68. The first-order chi connectivity index (χ1) is 10.2. The second kappa shape index (κ2) is 6.18. The van der Waals surface area contributed by atoms with E-state index in [1.807, 2.05) is 30.0 Å². The fourth-order valence-electron chi connectivity index (χ4n) is 3.05. The van der Waals surface area contributed by atoms with E-state index in [0.29, 0.717) is 12.1 Å². The lowest BCUT2D eigenvalue weighted by Gasteiger charge is -2.21. The molecule has 1 saturated carbocycles. The van der Waals surface area contributed by atoms with E-state index in [1.165, 1.54) is 25.7 Å². The summed E-state index contributed by atoms with van der Waals surface area (Å²) < 4.78 is 10.6. The topological polar surface area (TPSA) is 42.8 Å². The Bertz CT molecular complexity index is 539. The van der Waals surface area contributed by atoms with Crippen LogP contribution in [0.4, 0.5) is 0 Å². The summed E-state index contributed by atoms with van der Waals surface area (Å²) in [6.07, 6.45) is 5.25. The summed E-state index contributed by atoms with van der Waals surface area (Å²) in [5.41, 5.74) is 1.41. The van der Waals surface area contributed by atoms with E-state index in [4.69, 9.17) is 14.5 Å². The molecular weight excluding hydrogens is 284 g/mol. The van der Waals surface area contributed by atoms with E-state index in [-0.39, 0.29) is 0 Å². The predicted octanol–water partition coefficient (Wildman–Crippen LogP) is 3.21. The van der Waals surface area contributed by atoms with Gasteiger partial charge in [0.25, 0.3) is 0 Å². The molecule has 0 bridgehead atoms. The molecule has 5 heteroatoms. The molecule has 2 aliphatic rings. The van der Waals surface area contributed by atoms with Crippen molar-refractivity contribution < 1.29 is 9.47 Å². The Hall–Kier alpha value is -1.36. The van der Waals surface area contributed by atoms with Gasteiger partial charge in [-0.05, 0) is 25.0 Å². The fourth-order valence-corrected chi connectivity index (χ4v) is 4.27. The predicted molar refractivity (Wildman–Crippen MR) is 87.5 cm³/mol. The van der Waals surface area contributed by atoms with E-state index in [9.17, 15) is 0 Å². The summed E-state index contributed by atoms with van der Waals surface area (Å²) in [6.45, 7) is 0.637. The summed E-state index contributed by atoms with van der Waals surface area (Å²) in [7, 11) is 3.34. The van der Waals surface area contributed by atoms with E-state index >= 15 is 0 Å². The van der Waals surface area contributed by atoms with Gasteiger partial charge in [-0.15, -0.1) is 0 Å². The van der Waals surface area contributed by atoms with E-state index in [1.54, 1.807) is 14.2 Å². The van der Waals surface area contributed by atoms with E-state index in [2.05, 4.69) is 5.32 Å². The van der Waals surface area contributed by atoms with Crippen LogP contribution in [0.3, 0.4) is 0 Å². The molecule has 3 rings (SSSR count). The van der Waals surface area contributed by atoms with Crippen molar-refractivity contribution >= 4 is 16.9 Å². The van der Waals surface area contributed by atoms with Crippen LogP contribution in [0.15, 0.2) is 23.2 Å². The molecule has 0 radical (unpaired) electrons. The lowest BCUT2D eigenvalue weighted by Crippen LogP contribution is -2.40. The van der Waals surface area contributed by atoms with Gasteiger partial charge < -0.3 is 14.8 Å². The van der Waals surface area contributed by atoms with Gasteiger partial charge in [-0.25, -0.2) is 0 Å². The van der Waals surface area contributed by atoms with Gasteiger partial charge in [-0.3, -0.25) is 4.99 Å². The Labute approximate surface area is 130 Å². The number of methoxy groups -OCH3 is 2. The monoisotopic (exact) mass is 306 g/mol. The number of hydrogen-bond donors (Lipinski definition) is 1. The van der Waals surface area contributed by atoms with Crippen LogP contribution in [0.1, 0.15) is 31.2 Å². The van der Waals surface area contributed by atoms with Gasteiger partial charge in [0.05, 0.1) is 20.8 Å². The minimum absolute atomic E-state index is 0.327. The van der Waals surface area contributed by atoms with Gasteiger partial charge in [-0.2, -0.15) is 0 Å². The first-order valence-corrected chi connectivity index (χ1v) is 8.40. The molecule has 1 saturated heterocycles. The average Bonchev–Trinajstić information content (AvgIpc) is 3.15. The largest absolute Gasteiger partial charge is 0.497 e. The van der Waals surface area contributed by atoms with E-state index < -0.39 is 0 Å². The lowest BCUT2D eigenvalue weighted by molar-refractivity contribution is 0.391. The number of nitrogens with zero attached hydrogens (tertiary/aromatic N) is 1. The standard InChI is InChI=1S/C16H22N2O2S/c1-19-13-6-5-12(14(9-13)20-2)10-17-15-18-16(11-21-15)7-3-4-8-16/h5-6,9H,3-4,7-8,10-11H2,1-2H3,(H,17,18). The normalized spacial score (nSPS) is 21.7. The zero-order valence-corrected chi connectivity index (χ0v) is 13.5. The molecule has 1 heterocycles. The zero-order valence-electron chi connectivity index (χ0n) is 12.6. The van der Waals surface area contributed by atoms with Gasteiger partial charge >= 0.3 is 0 Å². The van der Waals surface area contributed by atoms with Crippen LogP contribution in [-0.2, 0) is 6.54 Å². The minimum atomic E-state index is 0.327. The highest BCUT2D eigenvalue weighted by molar-refractivity contribution is 8.14. The van der Waals surface area contributed by atoms with Gasteiger partial charge in [0.1, 0.15) is 11.5 Å². The molecule has 4 nitrogen and oxygen atoms in total. The highest BCUT2D eigenvalue weighted by Gasteiger charge is 2.39. The molecule has 0 amide bonds. The average molecular weight is 306 g/mol. The Morgan fingerprint density at radius 3 is 2.76 bits per heavy atom. The van der Waals surface area contributed by atoms with Crippen molar-refractivity contribution in [3.63, 3.8) is 0 Å². The Kier molecular flexibility index (Phi) is 4.29. The molecule has 21 heavy (non-hydrogen) atoms. The number of thioether (sulfide) groups is 1. The first kappa shape index (κ1) is 14.6. The smallest absolute Gasteiger partial charge is 0.157 e. The van der Waals surface area contributed by atoms with Crippen molar-refractivity contribution in [3.05, 3.63) is 23.8 Å². The Morgan fingerprint density at radius 2 is 2.05 bits per heavy atom. The minimum Gasteiger partial charge on any atom is -0.497 e. The summed E-state index contributed by atoms with van der Waals surface area (Å²) in [5.74, 6) is 2.80. The third kappa shape index (κ3) is 3.12. The summed E-state index contributed by atoms with van der Waals surface area (Å²) in [6, 6.07) is 5.88. The van der Waals surface area contributed by atoms with Crippen molar-refractivity contribution in [1.29, 1.82) is 0 Å². The third-order valence-corrected chi connectivity index (χ3v) is 5.51. The molecule has 1 aromatic carbocycles. The highest BCUT2D eigenvalue weighted by Crippen LogP contribution is 2.37. The number of benzene rings is 1. The molecule has 1 aliphatic heterocycles. The maximum Gasteiger partial charge on any atom is 0.157 e. The van der Waals surface area contributed by atoms with Crippen LogP contribution in [0.5, 0.6) is 11.5 Å². The summed E-state index contributed by atoms with van der Waals surface area (Å²) >= 11 is 1.85. The van der Waals surface area contributed by atoms with Crippen LogP contribution in [-0.4, -0.2) is 30.7 Å². The number of amidine groups is 1. The molecule has 2 fully saturated rings. The SMILES string of the molecule is COc1ccc(CN=C2NC3(CCCC3)CS2)c(OC)c1.